The number of fused-ring (bicyclic) bond motifs is 3. The average Bonchev–Trinajstić information content (AvgIpc) is 1.26. The number of benzene rings is 11. The van der Waals surface area contributed by atoms with E-state index < -0.39 is 35.3 Å². The Labute approximate surface area is 521 Å². The molecule has 0 unspecified atom stereocenters. The monoisotopic (exact) mass is 1190 g/mol. The molecule has 0 aliphatic rings. The molecule has 0 bridgehead atoms. The van der Waals surface area contributed by atoms with Gasteiger partial charge in [0.05, 0.1) is 28.9 Å². The lowest BCUT2D eigenvalue weighted by atomic mass is 9.91. The first-order chi connectivity index (χ1) is 43.2. The van der Waals surface area contributed by atoms with E-state index in [2.05, 4.69) is 33.8 Å². The lowest BCUT2D eigenvalue weighted by Gasteiger charge is -2.15. The van der Waals surface area contributed by atoms with Gasteiger partial charge in [-0.05, 0) is 235 Å². The third-order valence-corrected chi connectivity index (χ3v) is 15.1. The molecule has 90 heavy (non-hydrogen) atoms. The molecule has 0 aliphatic heterocycles. The molecule has 0 radical (unpaired) electrons. The quantitative estimate of drug-likeness (QED) is 0.0405. The summed E-state index contributed by atoms with van der Waals surface area (Å²) >= 11 is 0. The van der Waals surface area contributed by atoms with Gasteiger partial charge < -0.3 is 28.4 Å². The number of esters is 3. The fourth-order valence-electron chi connectivity index (χ4n) is 10.4. The van der Waals surface area contributed by atoms with Gasteiger partial charge in [0.1, 0.15) is 40.2 Å². The molecule has 0 spiro atoms. The Kier molecular flexibility index (Phi) is 17.6. The second kappa shape index (κ2) is 26.2. The van der Waals surface area contributed by atoms with E-state index in [1.165, 1.54) is 29.3 Å². The van der Waals surface area contributed by atoms with Gasteiger partial charge in [-0.25, -0.2) is 14.4 Å². The Morgan fingerprint density at radius 3 is 0.978 bits per heavy atom. The van der Waals surface area contributed by atoms with Gasteiger partial charge in [-0.15, -0.1) is 0 Å². The first kappa shape index (κ1) is 60.7. The summed E-state index contributed by atoms with van der Waals surface area (Å²) in [7, 11) is 0. The van der Waals surface area contributed by atoms with Crippen LogP contribution in [-0.4, -0.2) is 47.5 Å². The van der Waals surface area contributed by atoms with E-state index in [1.54, 1.807) is 182 Å². The lowest BCUT2D eigenvalue weighted by molar-refractivity contribution is 0.0725. The minimum absolute atomic E-state index is 0.0205. The van der Waals surface area contributed by atoms with E-state index in [0.29, 0.717) is 95.3 Å². The van der Waals surface area contributed by atoms with Crippen LogP contribution in [0.15, 0.2) is 218 Å². The van der Waals surface area contributed by atoms with Crippen molar-refractivity contribution in [3.05, 3.63) is 280 Å². The summed E-state index contributed by atoms with van der Waals surface area (Å²) in [5.74, 6) is 1.04. The topological polar surface area (TPSA) is 158 Å². The number of ether oxygens (including phenoxy) is 6. The van der Waals surface area contributed by atoms with Crippen molar-refractivity contribution in [3.8, 4) is 40.2 Å². The number of carbonyl (C=O) groups excluding carboxylic acids is 6. The van der Waals surface area contributed by atoms with Crippen molar-refractivity contribution >= 4 is 67.6 Å². The van der Waals surface area contributed by atoms with Crippen LogP contribution >= 0.6 is 0 Å². The van der Waals surface area contributed by atoms with E-state index >= 15 is 0 Å². The molecule has 11 aromatic carbocycles. The van der Waals surface area contributed by atoms with Crippen molar-refractivity contribution in [2.75, 3.05) is 0 Å². The van der Waals surface area contributed by atoms with Crippen LogP contribution in [0.4, 0.5) is 0 Å². The number of hydrogen-bond acceptors (Lipinski definition) is 12. The maximum absolute atomic E-state index is 14.8. The van der Waals surface area contributed by atoms with Crippen molar-refractivity contribution < 1.29 is 57.2 Å². The van der Waals surface area contributed by atoms with Crippen LogP contribution in [-0.2, 0) is 0 Å². The first-order valence-corrected chi connectivity index (χ1v) is 29.8. The second-order valence-corrected chi connectivity index (χ2v) is 23.3. The van der Waals surface area contributed by atoms with Gasteiger partial charge in [0.15, 0.2) is 17.3 Å². The Hall–Kier alpha value is -11.0. The Morgan fingerprint density at radius 1 is 0.256 bits per heavy atom. The highest BCUT2D eigenvalue weighted by molar-refractivity contribution is 6.18. The van der Waals surface area contributed by atoms with Crippen LogP contribution in [0.5, 0.6) is 40.2 Å². The number of carbonyl (C=O) groups is 6. The van der Waals surface area contributed by atoms with Gasteiger partial charge in [-0.2, -0.15) is 0 Å². The third kappa shape index (κ3) is 14.2. The van der Waals surface area contributed by atoms with Gasteiger partial charge in [-0.3, -0.25) is 14.4 Å². The molecule has 0 heterocycles. The summed E-state index contributed by atoms with van der Waals surface area (Å²) in [6, 6.07) is 61.6. The van der Waals surface area contributed by atoms with Gasteiger partial charge in [0.2, 0.25) is 0 Å². The molecule has 11 rings (SSSR count). The SMILES string of the molecule is CC(C)Oc1ccc(C(=O)Oc2ccc3cc(C(=O)c4cc(C(=O)c5ccc6cc(OC(=O)c7ccc(Oc8cc(C(C)C)cc(C(C)C)c8)cc7)ccc6c5)cc(C(=O)c5ccc6cc(OC(=O)c7cccc(OC(C)C)c7)ccc6c5)c4)ccc3c2)cc1. The fraction of sp³-hybridized carbons (Fsp3) is 0.154. The molecule has 0 fully saturated rings. The molecule has 0 aliphatic carbocycles. The molecule has 0 N–H and O–H groups in total. The summed E-state index contributed by atoms with van der Waals surface area (Å²) in [6.45, 7) is 16.2. The van der Waals surface area contributed by atoms with E-state index in [-0.39, 0.29) is 45.6 Å². The maximum atomic E-state index is 14.8. The van der Waals surface area contributed by atoms with Crippen molar-refractivity contribution in [3.63, 3.8) is 0 Å². The van der Waals surface area contributed by atoms with Gasteiger partial charge in [0.25, 0.3) is 0 Å². The van der Waals surface area contributed by atoms with Gasteiger partial charge in [0, 0.05) is 33.4 Å². The molecule has 0 amide bonds. The largest absolute Gasteiger partial charge is 0.491 e. The Balaban J connectivity index is 0.843. The predicted molar refractivity (Wildman–Crippen MR) is 349 cm³/mol. The first-order valence-electron chi connectivity index (χ1n) is 29.8. The minimum Gasteiger partial charge on any atom is -0.491 e. The van der Waals surface area contributed by atoms with Gasteiger partial charge in [-0.1, -0.05) is 94.4 Å². The van der Waals surface area contributed by atoms with Crippen LogP contribution in [0, 0.1) is 0 Å². The molecule has 11 aromatic rings. The minimum atomic E-state index is -0.563. The summed E-state index contributed by atoms with van der Waals surface area (Å²) in [5.41, 5.74) is 4.51. The lowest BCUT2D eigenvalue weighted by Crippen LogP contribution is -2.11. The van der Waals surface area contributed by atoms with Crippen molar-refractivity contribution in [2.24, 2.45) is 0 Å². The van der Waals surface area contributed by atoms with Crippen LogP contribution in [0.3, 0.4) is 0 Å². The van der Waals surface area contributed by atoms with Crippen LogP contribution < -0.4 is 28.4 Å². The number of ketones is 3. The molecule has 0 saturated carbocycles. The molecule has 12 nitrogen and oxygen atoms in total. The van der Waals surface area contributed by atoms with Gasteiger partial charge >= 0.3 is 17.9 Å². The highest BCUT2D eigenvalue weighted by Crippen LogP contribution is 2.33. The number of rotatable bonds is 20. The highest BCUT2D eigenvalue weighted by atomic mass is 16.5. The van der Waals surface area contributed by atoms with E-state index in [4.69, 9.17) is 28.4 Å². The zero-order valence-electron chi connectivity index (χ0n) is 51.0. The summed E-state index contributed by atoms with van der Waals surface area (Å²) in [5, 5.41) is 4.11. The Morgan fingerprint density at radius 2 is 0.589 bits per heavy atom. The van der Waals surface area contributed by atoms with Crippen LogP contribution in [0.25, 0.3) is 32.3 Å². The second-order valence-electron chi connectivity index (χ2n) is 23.3. The fourth-order valence-corrected chi connectivity index (χ4v) is 10.4. The molecule has 448 valence electrons. The van der Waals surface area contributed by atoms with Crippen molar-refractivity contribution in [1.82, 2.24) is 0 Å². The van der Waals surface area contributed by atoms with Crippen LogP contribution in [0.2, 0.25) is 0 Å². The standard InChI is InChI=1S/C78H64O12/c1-45(2)61-35-62(46(3)4)44-72(43-61)87-67-27-20-50(21-28-67)77(83)89-70-30-23-52-33-58(16-13-55(52)40-70)74(80)64-36-63(73(79)57-15-12-54-39-69(29-22-51(54)32-57)88-76(82)49-18-25-66(26-19-49)85-47(5)6)37-65(38-64)75(81)59-17-14-56-41-71(31-24-53(56)34-59)90-78(84)60-10-9-11-68(42-60)86-48(7)8/h9-48H,1-8H3. The smallest absolute Gasteiger partial charge is 0.343 e. The molecular formula is C78H64O12. The molecule has 0 aromatic heterocycles. The van der Waals surface area contributed by atoms with E-state index in [9.17, 15) is 28.8 Å². The highest BCUT2D eigenvalue weighted by Gasteiger charge is 2.22. The molecule has 12 heteroatoms. The zero-order chi connectivity index (χ0) is 63.3. The summed E-state index contributed by atoms with van der Waals surface area (Å²) in [4.78, 5) is 84.0. The van der Waals surface area contributed by atoms with Crippen LogP contribution in [0.1, 0.15) is 157 Å². The third-order valence-electron chi connectivity index (χ3n) is 15.1. The summed E-state index contributed by atoms with van der Waals surface area (Å²) < 4.78 is 35.0. The molecule has 0 atom stereocenters. The average molecular weight is 1190 g/mol. The van der Waals surface area contributed by atoms with Crippen molar-refractivity contribution in [2.45, 2.75) is 79.4 Å². The summed E-state index contributed by atoms with van der Waals surface area (Å²) in [6.07, 6.45) is -0.0983. The van der Waals surface area contributed by atoms with E-state index in [1.807, 2.05) is 39.8 Å². The van der Waals surface area contributed by atoms with Crippen molar-refractivity contribution in [1.29, 1.82) is 0 Å². The molecule has 0 saturated heterocycles. The normalized spacial score (nSPS) is 11.3. The number of hydrogen-bond donors (Lipinski definition) is 0. The zero-order valence-corrected chi connectivity index (χ0v) is 51.0. The maximum Gasteiger partial charge on any atom is 0.343 e. The Bertz CT molecular complexity index is 4580. The van der Waals surface area contributed by atoms with E-state index in [0.717, 1.165) is 5.75 Å². The predicted octanol–water partition coefficient (Wildman–Crippen LogP) is 18.1. The molecular weight excluding hydrogens is 1130 g/mol.